The lowest BCUT2D eigenvalue weighted by Gasteiger charge is -2.34. The van der Waals surface area contributed by atoms with Crippen molar-refractivity contribution in [2.45, 2.75) is 37.1 Å². The quantitative estimate of drug-likeness (QED) is 0.798. The Morgan fingerprint density at radius 2 is 1.71 bits per heavy atom. The molecule has 1 aromatic rings. The van der Waals surface area contributed by atoms with Crippen molar-refractivity contribution in [2.75, 3.05) is 13.2 Å². The van der Waals surface area contributed by atoms with Crippen LogP contribution in [0.1, 0.15) is 36.3 Å². The highest BCUT2D eigenvalue weighted by atomic mass is 19.4. The average molecular weight is 300 g/mol. The number of hydrogen-bond acceptors (Lipinski definition) is 3. The number of rotatable bonds is 1. The summed E-state index contributed by atoms with van der Waals surface area (Å²) < 4.78 is 48.6. The zero-order valence-corrected chi connectivity index (χ0v) is 11.3. The minimum absolute atomic E-state index is 0.0390. The molecule has 2 aliphatic rings. The molecule has 2 fully saturated rings. The maximum absolute atomic E-state index is 12.5. The van der Waals surface area contributed by atoms with E-state index in [-0.39, 0.29) is 18.1 Å². The van der Waals surface area contributed by atoms with Gasteiger partial charge in [0.15, 0.2) is 5.79 Å². The van der Waals surface area contributed by atoms with Gasteiger partial charge in [0, 0.05) is 12.3 Å². The summed E-state index contributed by atoms with van der Waals surface area (Å²) in [5.74, 6) is -1.20. The number of halogens is 3. The normalized spacial score (nSPS) is 25.5. The van der Waals surface area contributed by atoms with Crippen molar-refractivity contribution in [1.82, 2.24) is 0 Å². The van der Waals surface area contributed by atoms with Gasteiger partial charge < -0.3 is 9.47 Å². The van der Waals surface area contributed by atoms with E-state index in [0.717, 1.165) is 12.1 Å². The summed E-state index contributed by atoms with van der Waals surface area (Å²) in [5.41, 5.74) is -0.0747. The van der Waals surface area contributed by atoms with Crippen LogP contribution in [0.25, 0.3) is 0 Å². The van der Waals surface area contributed by atoms with Crippen molar-refractivity contribution in [1.29, 1.82) is 0 Å². The first-order valence-corrected chi connectivity index (χ1v) is 6.87. The molecule has 1 aliphatic heterocycles. The first-order chi connectivity index (χ1) is 9.90. The van der Waals surface area contributed by atoms with Crippen molar-refractivity contribution in [3.63, 3.8) is 0 Å². The lowest BCUT2D eigenvalue weighted by molar-refractivity contribution is -0.182. The number of hydrogen-bond donors (Lipinski definition) is 0. The zero-order chi connectivity index (χ0) is 15.1. The second kappa shape index (κ2) is 5.10. The molecule has 1 saturated heterocycles. The van der Waals surface area contributed by atoms with Crippen LogP contribution in [0.15, 0.2) is 24.3 Å². The fourth-order valence-electron chi connectivity index (χ4n) is 3.00. The van der Waals surface area contributed by atoms with Crippen LogP contribution in [-0.2, 0) is 20.4 Å². The predicted octanol–water partition coefficient (Wildman–Crippen LogP) is 3.29. The van der Waals surface area contributed by atoms with E-state index in [1.807, 2.05) is 0 Å². The van der Waals surface area contributed by atoms with Gasteiger partial charge in [-0.15, -0.1) is 0 Å². The molecule has 6 heteroatoms. The highest BCUT2D eigenvalue weighted by Crippen LogP contribution is 2.40. The van der Waals surface area contributed by atoms with Crippen LogP contribution in [0.3, 0.4) is 0 Å². The fraction of sp³-hybridized carbons (Fsp3) is 0.533. The topological polar surface area (TPSA) is 35.5 Å². The van der Waals surface area contributed by atoms with Crippen LogP contribution in [0, 0.1) is 0 Å². The van der Waals surface area contributed by atoms with Crippen molar-refractivity contribution in [3.8, 4) is 0 Å². The van der Waals surface area contributed by atoms with Gasteiger partial charge in [0.2, 0.25) is 0 Å². The van der Waals surface area contributed by atoms with Gasteiger partial charge in [-0.1, -0.05) is 12.1 Å². The third-order valence-corrected chi connectivity index (χ3v) is 4.10. The Morgan fingerprint density at radius 1 is 1.10 bits per heavy atom. The van der Waals surface area contributed by atoms with E-state index >= 15 is 0 Å². The van der Waals surface area contributed by atoms with E-state index in [9.17, 15) is 18.0 Å². The van der Waals surface area contributed by atoms with E-state index in [4.69, 9.17) is 9.47 Å². The first-order valence-electron chi connectivity index (χ1n) is 6.87. The molecule has 1 atom stereocenters. The molecule has 0 radical (unpaired) electrons. The maximum atomic E-state index is 12.5. The molecule has 21 heavy (non-hydrogen) atoms. The van der Waals surface area contributed by atoms with Gasteiger partial charge in [0.25, 0.3) is 0 Å². The maximum Gasteiger partial charge on any atom is 0.416 e. The Bertz CT molecular complexity index is 530. The molecule has 1 aliphatic carbocycles. The average Bonchev–Trinajstić information content (AvgIpc) is 2.86. The largest absolute Gasteiger partial charge is 0.416 e. The van der Waals surface area contributed by atoms with Crippen molar-refractivity contribution in [2.24, 2.45) is 0 Å². The number of benzene rings is 1. The fourth-order valence-corrected chi connectivity index (χ4v) is 3.00. The number of carbonyl (C=O) groups excluding carboxylic acids is 1. The molecule has 0 bridgehead atoms. The van der Waals surface area contributed by atoms with Gasteiger partial charge in [0.1, 0.15) is 5.78 Å². The molecule has 1 unspecified atom stereocenters. The van der Waals surface area contributed by atoms with Crippen LogP contribution < -0.4 is 0 Å². The third kappa shape index (κ3) is 2.82. The second-order valence-corrected chi connectivity index (χ2v) is 5.46. The number of ketones is 1. The SMILES string of the molecule is O=C1CC2(CCC1c1ccc(C(F)(F)F)cc1)OCCO2. The Labute approximate surface area is 120 Å². The number of alkyl halides is 3. The molecule has 3 rings (SSSR count). The predicted molar refractivity (Wildman–Crippen MR) is 67.7 cm³/mol. The van der Waals surface area contributed by atoms with Gasteiger partial charge >= 0.3 is 6.18 Å². The van der Waals surface area contributed by atoms with Crippen LogP contribution in [0.2, 0.25) is 0 Å². The van der Waals surface area contributed by atoms with E-state index < -0.39 is 17.5 Å². The molecule has 1 aromatic carbocycles. The molecular formula is C15H15F3O3. The summed E-state index contributed by atoms with van der Waals surface area (Å²) in [4.78, 5) is 12.3. The molecule has 1 spiro atoms. The highest BCUT2D eigenvalue weighted by molar-refractivity contribution is 5.87. The first kappa shape index (κ1) is 14.5. The molecule has 1 heterocycles. The van der Waals surface area contributed by atoms with Gasteiger partial charge in [-0.3, -0.25) is 4.79 Å². The number of carbonyl (C=O) groups is 1. The Hall–Kier alpha value is -1.40. The molecule has 3 nitrogen and oxygen atoms in total. The van der Waals surface area contributed by atoms with Crippen molar-refractivity contribution in [3.05, 3.63) is 35.4 Å². The molecule has 0 amide bonds. The van der Waals surface area contributed by atoms with Gasteiger partial charge in [-0.25, -0.2) is 0 Å². The minimum Gasteiger partial charge on any atom is -0.347 e. The number of ether oxygens (including phenoxy) is 2. The van der Waals surface area contributed by atoms with Gasteiger partial charge in [-0.2, -0.15) is 13.2 Å². The molecule has 0 N–H and O–H groups in total. The van der Waals surface area contributed by atoms with Crippen molar-refractivity contribution >= 4 is 5.78 Å². The van der Waals surface area contributed by atoms with Crippen LogP contribution >= 0.6 is 0 Å². The summed E-state index contributed by atoms with van der Waals surface area (Å²) in [6.45, 7) is 0.969. The zero-order valence-electron chi connectivity index (χ0n) is 11.3. The lowest BCUT2D eigenvalue weighted by atomic mass is 9.80. The monoisotopic (exact) mass is 300 g/mol. The third-order valence-electron chi connectivity index (χ3n) is 4.10. The van der Waals surface area contributed by atoms with E-state index in [2.05, 4.69) is 0 Å². The Kier molecular flexibility index (Phi) is 3.53. The second-order valence-electron chi connectivity index (χ2n) is 5.46. The summed E-state index contributed by atoms with van der Waals surface area (Å²) >= 11 is 0. The lowest BCUT2D eigenvalue weighted by Crippen LogP contribution is -2.39. The molecular weight excluding hydrogens is 285 g/mol. The molecule has 0 aromatic heterocycles. The van der Waals surface area contributed by atoms with Gasteiger partial charge in [-0.05, 0) is 24.1 Å². The van der Waals surface area contributed by atoms with Crippen LogP contribution in [-0.4, -0.2) is 24.8 Å². The van der Waals surface area contributed by atoms with Crippen molar-refractivity contribution < 1.29 is 27.4 Å². The molecule has 114 valence electrons. The van der Waals surface area contributed by atoms with Gasteiger partial charge in [0.05, 0.1) is 25.2 Å². The smallest absolute Gasteiger partial charge is 0.347 e. The molecule has 1 saturated carbocycles. The van der Waals surface area contributed by atoms with E-state index in [1.54, 1.807) is 0 Å². The summed E-state index contributed by atoms with van der Waals surface area (Å²) in [7, 11) is 0. The Morgan fingerprint density at radius 3 is 2.24 bits per heavy atom. The summed E-state index contributed by atoms with van der Waals surface area (Å²) in [6.07, 6.45) is -3.07. The van der Waals surface area contributed by atoms with Crippen LogP contribution in [0.5, 0.6) is 0 Å². The minimum atomic E-state index is -4.36. The summed E-state index contributed by atoms with van der Waals surface area (Å²) in [5, 5.41) is 0. The highest BCUT2D eigenvalue weighted by Gasteiger charge is 2.45. The van der Waals surface area contributed by atoms with Crippen LogP contribution in [0.4, 0.5) is 13.2 Å². The van der Waals surface area contributed by atoms with E-state index in [0.29, 0.717) is 31.6 Å². The summed E-state index contributed by atoms with van der Waals surface area (Å²) in [6, 6.07) is 4.82. The van der Waals surface area contributed by atoms with E-state index in [1.165, 1.54) is 12.1 Å². The number of Topliss-reactive ketones (excluding diaryl/α,β-unsaturated/α-hetero) is 1. The standard InChI is InChI=1S/C15H15F3O3/c16-15(17,18)11-3-1-10(2-4-11)12-5-6-14(9-13(12)19)20-7-8-21-14/h1-4,12H,5-9H2. The Balaban J connectivity index is 1.74.